The molecule has 1 atom stereocenters. The van der Waals surface area contributed by atoms with Crippen molar-refractivity contribution >= 4 is 17.5 Å². The van der Waals surface area contributed by atoms with E-state index in [4.69, 9.17) is 5.73 Å². The van der Waals surface area contributed by atoms with E-state index in [1.807, 2.05) is 5.32 Å². The molecule has 0 radical (unpaired) electrons. The zero-order chi connectivity index (χ0) is 22.6. The number of nitrogens with one attached hydrogen (secondary N) is 2. The van der Waals surface area contributed by atoms with E-state index >= 15 is 0 Å². The van der Waals surface area contributed by atoms with Gasteiger partial charge in [-0.1, -0.05) is 24.0 Å². The van der Waals surface area contributed by atoms with E-state index in [-0.39, 0.29) is 29.5 Å². The fourth-order valence-corrected chi connectivity index (χ4v) is 3.51. The summed E-state index contributed by atoms with van der Waals surface area (Å²) in [6.07, 6.45) is -3.32. The molecule has 2 amide bonds. The monoisotopic (exact) mass is 431 g/mol. The van der Waals surface area contributed by atoms with Gasteiger partial charge in [0.2, 0.25) is 5.54 Å². The number of alkyl halides is 3. The molecule has 2 heterocycles. The van der Waals surface area contributed by atoms with Crippen LogP contribution in [0.3, 0.4) is 0 Å². The molecule has 0 bridgehead atoms. The fourth-order valence-electron chi connectivity index (χ4n) is 3.51. The molecule has 0 saturated heterocycles. The molecule has 2 aliphatic rings. The molecule has 162 valence electrons. The number of amides is 2. The van der Waals surface area contributed by atoms with Crippen LogP contribution in [0.1, 0.15) is 35.4 Å². The molecule has 7 nitrogen and oxygen atoms in total. The molecule has 2 aromatic rings. The van der Waals surface area contributed by atoms with Gasteiger partial charge in [-0.3, -0.25) is 4.79 Å². The maximum atomic E-state index is 14.2. The summed E-state index contributed by atoms with van der Waals surface area (Å²) in [6, 6.07) is 3.19. The van der Waals surface area contributed by atoms with Crippen molar-refractivity contribution in [2.75, 3.05) is 11.1 Å². The summed E-state index contributed by atoms with van der Waals surface area (Å²) in [5.74, 6) is 4.70. The first-order valence-electron chi connectivity index (χ1n) is 9.67. The number of aromatic nitrogens is 2. The Kier molecular flexibility index (Phi) is 4.72. The zero-order valence-corrected chi connectivity index (χ0v) is 16.9. The van der Waals surface area contributed by atoms with Crippen molar-refractivity contribution in [2.24, 2.45) is 5.92 Å². The van der Waals surface area contributed by atoms with Crippen LogP contribution < -0.4 is 21.9 Å². The van der Waals surface area contributed by atoms with Gasteiger partial charge < -0.3 is 20.9 Å². The number of carbonyl (C=O) groups is 1. The summed E-state index contributed by atoms with van der Waals surface area (Å²) < 4.78 is 43.8. The molecule has 1 aromatic heterocycles. The van der Waals surface area contributed by atoms with E-state index < -0.39 is 23.3 Å². The maximum absolute atomic E-state index is 14.2. The first-order chi connectivity index (χ1) is 14.5. The van der Waals surface area contributed by atoms with E-state index in [1.54, 1.807) is 13.8 Å². The molecule has 31 heavy (non-hydrogen) atoms. The minimum atomic E-state index is -4.83. The van der Waals surface area contributed by atoms with Crippen molar-refractivity contribution in [1.82, 2.24) is 14.9 Å². The summed E-state index contributed by atoms with van der Waals surface area (Å²) >= 11 is 0. The first-order valence-corrected chi connectivity index (χ1v) is 9.67. The normalized spacial score (nSPS) is 20.2. The second-order valence-electron chi connectivity index (χ2n) is 7.81. The van der Waals surface area contributed by atoms with E-state index in [9.17, 15) is 22.8 Å². The minimum absolute atomic E-state index is 0.00637. The first kappa shape index (κ1) is 20.8. The van der Waals surface area contributed by atoms with Crippen LogP contribution >= 0.6 is 0 Å². The predicted octanol–water partition coefficient (Wildman–Crippen LogP) is 2.80. The molecule has 0 spiro atoms. The number of aryl methyl sites for hydroxylation is 1. The fraction of sp³-hybridized carbons (Fsp3) is 0.381. The number of benzene rings is 1. The predicted molar refractivity (Wildman–Crippen MR) is 108 cm³/mol. The van der Waals surface area contributed by atoms with E-state index in [2.05, 4.69) is 22.1 Å². The molecule has 1 saturated carbocycles. The van der Waals surface area contributed by atoms with Gasteiger partial charge >= 0.3 is 12.2 Å². The molecule has 1 aliphatic heterocycles. The molecular weight excluding hydrogens is 411 g/mol. The average Bonchev–Trinajstić information content (AvgIpc) is 3.51. The zero-order valence-electron chi connectivity index (χ0n) is 16.9. The number of hydrogen-bond acceptors (Lipinski definition) is 4. The van der Waals surface area contributed by atoms with Gasteiger partial charge in [-0.25, -0.2) is 9.78 Å². The number of hydrogen-bond donors (Lipinski definition) is 3. The lowest BCUT2D eigenvalue weighted by Crippen LogP contribution is -2.59. The smallest absolute Gasteiger partial charge is 0.379 e. The number of urea groups is 1. The third kappa shape index (κ3) is 3.60. The van der Waals surface area contributed by atoms with Crippen LogP contribution in [0.2, 0.25) is 0 Å². The molecule has 1 fully saturated rings. The largest absolute Gasteiger partial charge is 0.427 e. The summed E-state index contributed by atoms with van der Waals surface area (Å²) in [4.78, 5) is 28.5. The van der Waals surface area contributed by atoms with Gasteiger partial charge in [0, 0.05) is 22.9 Å². The van der Waals surface area contributed by atoms with Crippen LogP contribution in [-0.2, 0) is 12.1 Å². The topological polar surface area (TPSA) is 102 Å². The lowest BCUT2D eigenvalue weighted by molar-refractivity contribution is -0.178. The summed E-state index contributed by atoms with van der Waals surface area (Å²) in [5.41, 5.74) is 3.85. The second kappa shape index (κ2) is 7.04. The minimum Gasteiger partial charge on any atom is -0.379 e. The average molecular weight is 431 g/mol. The Morgan fingerprint density at radius 3 is 2.65 bits per heavy atom. The van der Waals surface area contributed by atoms with Gasteiger partial charge in [-0.15, -0.1) is 0 Å². The van der Waals surface area contributed by atoms with Crippen molar-refractivity contribution in [2.45, 2.75) is 44.9 Å². The molecule has 1 aromatic carbocycles. The lowest BCUT2D eigenvalue weighted by Gasteiger charge is -2.37. The van der Waals surface area contributed by atoms with Crippen LogP contribution in [0, 0.1) is 31.6 Å². The van der Waals surface area contributed by atoms with E-state index in [1.165, 1.54) is 22.8 Å². The number of halogens is 3. The maximum Gasteiger partial charge on any atom is 0.427 e. The lowest BCUT2D eigenvalue weighted by atomic mass is 9.85. The summed E-state index contributed by atoms with van der Waals surface area (Å²) in [5, 5.41) is 4.41. The van der Waals surface area contributed by atoms with Crippen molar-refractivity contribution in [1.29, 1.82) is 0 Å². The van der Waals surface area contributed by atoms with Gasteiger partial charge in [-0.2, -0.15) is 13.2 Å². The molecule has 4 N–H and O–H groups in total. The molecular formula is C21H20F3N5O2. The Bertz CT molecular complexity index is 1200. The molecule has 1 aliphatic carbocycles. The van der Waals surface area contributed by atoms with Crippen molar-refractivity contribution in [3.8, 4) is 11.8 Å². The van der Waals surface area contributed by atoms with Crippen molar-refractivity contribution < 1.29 is 18.0 Å². The van der Waals surface area contributed by atoms with Gasteiger partial charge in [0.1, 0.15) is 0 Å². The summed E-state index contributed by atoms with van der Waals surface area (Å²) in [7, 11) is 0. The number of carbonyl (C=O) groups excluding carboxylic acids is 1. The number of nitrogen functional groups attached to an aromatic ring is 1. The van der Waals surface area contributed by atoms with Crippen LogP contribution in [0.25, 0.3) is 0 Å². The van der Waals surface area contributed by atoms with Gasteiger partial charge in [0.25, 0.3) is 5.56 Å². The number of rotatable bonds is 2. The Hall–Kier alpha value is -3.48. The van der Waals surface area contributed by atoms with Gasteiger partial charge in [0.15, 0.2) is 5.82 Å². The summed E-state index contributed by atoms with van der Waals surface area (Å²) in [6.45, 7) is 3.47. The van der Waals surface area contributed by atoms with Crippen LogP contribution in [0.4, 0.5) is 29.5 Å². The number of nitrogens with two attached hydrogens (primary N) is 1. The van der Waals surface area contributed by atoms with Gasteiger partial charge in [0.05, 0.1) is 12.2 Å². The number of fused-ring (bicyclic) bond motifs is 1. The standard InChI is InChI=1S/C21H20F3N5O2/c1-11-12(2)29(18(30)17(25)26-11)10-14-5-6-15-16(9-14)27-19(31)28-20(15,21(22,23)24)8-7-13-3-4-13/h5-6,9,13H,3-4,10H2,1-2H3,(H2,25,26)(H2,27,28,31). The molecule has 4 rings (SSSR count). The highest BCUT2D eigenvalue weighted by atomic mass is 19.4. The van der Waals surface area contributed by atoms with Crippen molar-refractivity contribution in [3.63, 3.8) is 0 Å². The Balaban J connectivity index is 1.80. The quantitative estimate of drug-likeness (QED) is 0.637. The number of nitrogens with zero attached hydrogens (tertiary/aromatic N) is 2. The Labute approximate surface area is 175 Å². The SMILES string of the molecule is Cc1nc(N)c(=O)n(Cc2ccc3c(c2)NC(=O)NC3(C#CC2CC2)C(F)(F)F)c1C. The molecule has 10 heteroatoms. The van der Waals surface area contributed by atoms with Gasteiger partial charge in [-0.05, 0) is 38.3 Å². The highest BCUT2D eigenvalue weighted by molar-refractivity contribution is 5.95. The van der Waals surface area contributed by atoms with E-state index in [0.29, 0.717) is 17.0 Å². The highest BCUT2D eigenvalue weighted by Crippen LogP contribution is 2.44. The van der Waals surface area contributed by atoms with E-state index in [0.717, 1.165) is 12.8 Å². The third-order valence-corrected chi connectivity index (χ3v) is 5.53. The Morgan fingerprint density at radius 1 is 1.29 bits per heavy atom. The van der Waals surface area contributed by atoms with Crippen molar-refractivity contribution in [3.05, 3.63) is 51.1 Å². The number of anilines is 2. The van der Waals surface area contributed by atoms with Crippen LogP contribution in [-0.4, -0.2) is 21.8 Å². The third-order valence-electron chi connectivity index (χ3n) is 5.53. The Morgan fingerprint density at radius 2 is 2.00 bits per heavy atom. The van der Waals surface area contributed by atoms with Crippen LogP contribution in [0.5, 0.6) is 0 Å². The van der Waals surface area contributed by atoms with Crippen LogP contribution in [0.15, 0.2) is 23.0 Å². The second-order valence-corrected chi connectivity index (χ2v) is 7.81. The highest BCUT2D eigenvalue weighted by Gasteiger charge is 2.59. The molecule has 1 unspecified atom stereocenters.